The van der Waals surface area contributed by atoms with Gasteiger partial charge in [0, 0.05) is 19.1 Å². The fraction of sp³-hybridized carbons (Fsp3) is 0.769. The average molecular weight is 240 g/mol. The predicted octanol–water partition coefficient (Wildman–Crippen LogP) is 1.55. The molecule has 2 bridgehead atoms. The second kappa shape index (κ2) is 4.78. The number of rotatable bonds is 5. The zero-order valence-electron chi connectivity index (χ0n) is 10.6. The Morgan fingerprint density at radius 2 is 2.06 bits per heavy atom. The lowest BCUT2D eigenvalue weighted by molar-refractivity contribution is -0.161. The van der Waals surface area contributed by atoms with E-state index in [1.807, 2.05) is 19.9 Å². The van der Waals surface area contributed by atoms with E-state index in [0.717, 1.165) is 6.42 Å². The molecule has 2 aliphatic rings. The second-order valence-electron chi connectivity index (χ2n) is 4.55. The van der Waals surface area contributed by atoms with Crippen molar-refractivity contribution in [3.63, 3.8) is 0 Å². The summed E-state index contributed by atoms with van der Waals surface area (Å²) in [6.45, 7) is 5.11. The molecule has 17 heavy (non-hydrogen) atoms. The van der Waals surface area contributed by atoms with Crippen LogP contribution in [-0.4, -0.2) is 38.5 Å². The van der Waals surface area contributed by atoms with Gasteiger partial charge in [0.1, 0.15) is 11.5 Å². The Hall–Kier alpha value is -0.870. The molecule has 0 aliphatic heterocycles. The van der Waals surface area contributed by atoms with Gasteiger partial charge >= 0.3 is 5.97 Å². The van der Waals surface area contributed by atoms with Crippen molar-refractivity contribution >= 4 is 5.97 Å². The lowest BCUT2D eigenvalue weighted by Crippen LogP contribution is -2.45. The monoisotopic (exact) mass is 240 g/mol. The SMILES string of the molecule is CCOC1C2C=CC(C(=O)OC)(C2)C1OCC. The van der Waals surface area contributed by atoms with Crippen LogP contribution in [0.25, 0.3) is 0 Å². The van der Waals surface area contributed by atoms with Crippen LogP contribution in [-0.2, 0) is 19.0 Å². The Bertz CT molecular complexity index is 325. The predicted molar refractivity (Wildman–Crippen MR) is 62.5 cm³/mol. The second-order valence-corrected chi connectivity index (χ2v) is 4.55. The Morgan fingerprint density at radius 3 is 2.65 bits per heavy atom. The zero-order chi connectivity index (χ0) is 12.5. The molecule has 0 aromatic carbocycles. The van der Waals surface area contributed by atoms with Crippen LogP contribution in [0, 0.1) is 11.3 Å². The molecule has 1 fully saturated rings. The van der Waals surface area contributed by atoms with E-state index >= 15 is 0 Å². The van der Waals surface area contributed by atoms with Gasteiger partial charge in [-0.3, -0.25) is 4.79 Å². The molecule has 2 rings (SSSR count). The van der Waals surface area contributed by atoms with Gasteiger partial charge in [0.2, 0.25) is 0 Å². The van der Waals surface area contributed by atoms with E-state index in [2.05, 4.69) is 6.08 Å². The van der Waals surface area contributed by atoms with Gasteiger partial charge in [0.05, 0.1) is 13.2 Å². The molecule has 1 saturated carbocycles. The van der Waals surface area contributed by atoms with Crippen LogP contribution in [0.5, 0.6) is 0 Å². The molecule has 4 nitrogen and oxygen atoms in total. The number of carbonyl (C=O) groups excluding carboxylic acids is 1. The lowest BCUT2D eigenvalue weighted by Gasteiger charge is -2.33. The minimum atomic E-state index is -0.630. The molecular formula is C13H20O4. The molecule has 4 atom stereocenters. The molecule has 0 heterocycles. The highest BCUT2D eigenvalue weighted by atomic mass is 16.6. The van der Waals surface area contributed by atoms with Gasteiger partial charge in [-0.05, 0) is 20.3 Å². The van der Waals surface area contributed by atoms with E-state index in [4.69, 9.17) is 14.2 Å². The van der Waals surface area contributed by atoms with Gasteiger partial charge in [0.25, 0.3) is 0 Å². The van der Waals surface area contributed by atoms with Crippen LogP contribution in [0.4, 0.5) is 0 Å². The molecule has 0 N–H and O–H groups in total. The summed E-state index contributed by atoms with van der Waals surface area (Å²) in [6, 6.07) is 0. The van der Waals surface area contributed by atoms with E-state index in [1.165, 1.54) is 7.11 Å². The van der Waals surface area contributed by atoms with Crippen molar-refractivity contribution in [2.24, 2.45) is 11.3 Å². The normalized spacial score (nSPS) is 38.6. The van der Waals surface area contributed by atoms with Crippen LogP contribution in [0.15, 0.2) is 12.2 Å². The van der Waals surface area contributed by atoms with E-state index in [-0.39, 0.29) is 24.1 Å². The van der Waals surface area contributed by atoms with Gasteiger partial charge < -0.3 is 14.2 Å². The Morgan fingerprint density at radius 1 is 1.35 bits per heavy atom. The fourth-order valence-electron chi connectivity index (χ4n) is 3.06. The molecule has 2 aliphatic carbocycles. The number of methoxy groups -OCH3 is 1. The summed E-state index contributed by atoms with van der Waals surface area (Å²) in [5.41, 5.74) is -0.630. The molecule has 0 radical (unpaired) electrons. The number of fused-ring (bicyclic) bond motifs is 2. The summed E-state index contributed by atoms with van der Waals surface area (Å²) >= 11 is 0. The summed E-state index contributed by atoms with van der Waals surface area (Å²) in [5, 5.41) is 0. The quantitative estimate of drug-likeness (QED) is 0.540. The van der Waals surface area contributed by atoms with Crippen LogP contribution >= 0.6 is 0 Å². The van der Waals surface area contributed by atoms with Gasteiger partial charge in [-0.25, -0.2) is 0 Å². The first-order chi connectivity index (χ1) is 8.19. The Labute approximate surface area is 102 Å². The largest absolute Gasteiger partial charge is 0.468 e. The van der Waals surface area contributed by atoms with Crippen molar-refractivity contribution in [1.29, 1.82) is 0 Å². The van der Waals surface area contributed by atoms with Crippen molar-refractivity contribution in [2.45, 2.75) is 32.5 Å². The molecule has 0 saturated heterocycles. The first-order valence-electron chi connectivity index (χ1n) is 6.20. The number of carbonyl (C=O) groups is 1. The molecule has 0 aromatic heterocycles. The van der Waals surface area contributed by atoms with Gasteiger partial charge in [-0.2, -0.15) is 0 Å². The number of hydrogen-bond donors (Lipinski definition) is 0. The topological polar surface area (TPSA) is 44.8 Å². The summed E-state index contributed by atoms with van der Waals surface area (Å²) < 4.78 is 16.4. The molecule has 96 valence electrons. The van der Waals surface area contributed by atoms with E-state index < -0.39 is 5.41 Å². The molecule has 4 unspecified atom stereocenters. The van der Waals surface area contributed by atoms with E-state index in [9.17, 15) is 4.79 Å². The first-order valence-corrected chi connectivity index (χ1v) is 6.20. The van der Waals surface area contributed by atoms with Crippen LogP contribution in [0.1, 0.15) is 20.3 Å². The minimum Gasteiger partial charge on any atom is -0.468 e. The van der Waals surface area contributed by atoms with E-state index in [1.54, 1.807) is 0 Å². The van der Waals surface area contributed by atoms with Gasteiger partial charge in [-0.1, -0.05) is 12.2 Å². The van der Waals surface area contributed by atoms with Crippen LogP contribution < -0.4 is 0 Å². The number of hydrogen-bond acceptors (Lipinski definition) is 4. The molecule has 4 heteroatoms. The summed E-state index contributed by atoms with van der Waals surface area (Å²) in [7, 11) is 1.43. The molecule has 0 spiro atoms. The highest BCUT2D eigenvalue weighted by Crippen LogP contribution is 2.52. The van der Waals surface area contributed by atoms with E-state index in [0.29, 0.717) is 13.2 Å². The maximum absolute atomic E-state index is 12.0. The van der Waals surface area contributed by atoms with Gasteiger partial charge in [-0.15, -0.1) is 0 Å². The Kier molecular flexibility index (Phi) is 3.54. The lowest BCUT2D eigenvalue weighted by atomic mass is 9.84. The fourth-order valence-corrected chi connectivity index (χ4v) is 3.06. The summed E-state index contributed by atoms with van der Waals surface area (Å²) in [6.07, 6.45) is 4.51. The number of ether oxygens (including phenoxy) is 3. The highest BCUT2D eigenvalue weighted by molar-refractivity contribution is 5.81. The zero-order valence-corrected chi connectivity index (χ0v) is 10.6. The standard InChI is InChI=1S/C13H20O4/c1-4-16-10-9-6-7-13(8-9,12(14)15-3)11(10)17-5-2/h6-7,9-11H,4-5,8H2,1-3H3. The number of esters is 1. The van der Waals surface area contributed by atoms with Crippen molar-refractivity contribution in [3.8, 4) is 0 Å². The van der Waals surface area contributed by atoms with Crippen molar-refractivity contribution in [3.05, 3.63) is 12.2 Å². The molecule has 0 aromatic rings. The highest BCUT2D eigenvalue weighted by Gasteiger charge is 2.61. The molecular weight excluding hydrogens is 220 g/mol. The van der Waals surface area contributed by atoms with Gasteiger partial charge in [0.15, 0.2) is 0 Å². The third kappa shape index (κ3) is 1.79. The maximum atomic E-state index is 12.0. The third-order valence-electron chi connectivity index (χ3n) is 3.71. The van der Waals surface area contributed by atoms with Crippen LogP contribution in [0.3, 0.4) is 0 Å². The first kappa shape index (κ1) is 12.6. The van der Waals surface area contributed by atoms with Crippen molar-refractivity contribution in [2.75, 3.05) is 20.3 Å². The smallest absolute Gasteiger partial charge is 0.318 e. The maximum Gasteiger partial charge on any atom is 0.318 e. The van der Waals surface area contributed by atoms with Crippen molar-refractivity contribution in [1.82, 2.24) is 0 Å². The third-order valence-corrected chi connectivity index (χ3v) is 3.71. The molecule has 0 amide bonds. The summed E-state index contributed by atoms with van der Waals surface area (Å²) in [5.74, 6) is 0.0579. The summed E-state index contributed by atoms with van der Waals surface area (Å²) in [4.78, 5) is 12.0. The average Bonchev–Trinajstić information content (AvgIpc) is 2.88. The minimum absolute atomic E-state index is 0.0240. The Balaban J connectivity index is 2.26. The van der Waals surface area contributed by atoms with Crippen molar-refractivity contribution < 1.29 is 19.0 Å². The van der Waals surface area contributed by atoms with Crippen LogP contribution in [0.2, 0.25) is 0 Å².